The van der Waals surface area contributed by atoms with Crippen molar-refractivity contribution in [2.75, 3.05) is 6.61 Å². The van der Waals surface area contributed by atoms with Gasteiger partial charge in [0.2, 0.25) is 6.29 Å². The molecule has 6 heteroatoms. The molecule has 0 heterocycles. The normalized spacial score (nSPS) is 13.1. The van der Waals surface area contributed by atoms with Gasteiger partial charge in [-0.15, -0.1) is 0 Å². The molecule has 1 unspecified atom stereocenters. The lowest BCUT2D eigenvalue weighted by atomic mass is 9.92. The monoisotopic (exact) mass is 314 g/mol. The molecule has 0 fully saturated rings. The molecular weight excluding hydrogens is 288 g/mol. The van der Waals surface area contributed by atoms with Gasteiger partial charge in [0.1, 0.15) is 6.61 Å². The Morgan fingerprint density at radius 2 is 1.59 bits per heavy atom. The van der Waals surface area contributed by atoms with E-state index in [4.69, 9.17) is 14.4 Å². The highest BCUT2D eigenvalue weighted by atomic mass is 17.2. The Hall–Kier alpha value is -1.66. The standard InChI is InChI=1S/C16H26O6/c1-8-12(17)20-14(10-15(3,4)5)21-16(6,7)11-19-22-13(18)9-2/h8-9,14H,1-2,10-11H2,3-7H3. The molecule has 0 aliphatic heterocycles. The largest absolute Gasteiger partial charge is 0.433 e. The zero-order valence-corrected chi connectivity index (χ0v) is 14.0. The van der Waals surface area contributed by atoms with Crippen LogP contribution in [0.15, 0.2) is 25.3 Å². The molecule has 1 atom stereocenters. The van der Waals surface area contributed by atoms with Gasteiger partial charge < -0.3 is 9.47 Å². The summed E-state index contributed by atoms with van der Waals surface area (Å²) in [4.78, 5) is 31.6. The summed E-state index contributed by atoms with van der Waals surface area (Å²) in [5.74, 6) is -1.26. The zero-order valence-electron chi connectivity index (χ0n) is 14.0. The number of esters is 1. The Kier molecular flexibility index (Phi) is 8.05. The Morgan fingerprint density at radius 1 is 1.05 bits per heavy atom. The van der Waals surface area contributed by atoms with Crippen molar-refractivity contribution >= 4 is 11.9 Å². The summed E-state index contributed by atoms with van der Waals surface area (Å²) >= 11 is 0. The van der Waals surface area contributed by atoms with Gasteiger partial charge in [0.25, 0.3) is 0 Å². The van der Waals surface area contributed by atoms with E-state index in [0.717, 1.165) is 12.2 Å². The van der Waals surface area contributed by atoms with Crippen molar-refractivity contribution in [3.63, 3.8) is 0 Å². The molecular formula is C16H26O6. The molecule has 22 heavy (non-hydrogen) atoms. The minimum atomic E-state index is -0.835. The van der Waals surface area contributed by atoms with Crippen molar-refractivity contribution in [2.45, 2.75) is 52.9 Å². The smallest absolute Gasteiger partial charge is 0.365 e. The second-order valence-corrected chi connectivity index (χ2v) is 6.58. The van der Waals surface area contributed by atoms with Gasteiger partial charge >= 0.3 is 11.9 Å². The van der Waals surface area contributed by atoms with Gasteiger partial charge in [-0.05, 0) is 19.3 Å². The Balaban J connectivity index is 4.65. The van der Waals surface area contributed by atoms with Crippen LogP contribution >= 0.6 is 0 Å². The van der Waals surface area contributed by atoms with E-state index in [1.807, 2.05) is 20.8 Å². The van der Waals surface area contributed by atoms with Crippen LogP contribution in [0.4, 0.5) is 0 Å². The van der Waals surface area contributed by atoms with Gasteiger partial charge in [-0.2, -0.15) is 4.89 Å². The predicted molar refractivity (Wildman–Crippen MR) is 81.6 cm³/mol. The molecule has 0 saturated heterocycles. The number of carbonyl (C=O) groups excluding carboxylic acids is 2. The van der Waals surface area contributed by atoms with Crippen LogP contribution in [0.1, 0.15) is 41.0 Å². The van der Waals surface area contributed by atoms with Gasteiger partial charge in [0.05, 0.1) is 5.60 Å². The molecule has 0 amide bonds. The molecule has 0 rings (SSSR count). The lowest BCUT2D eigenvalue weighted by Crippen LogP contribution is -2.39. The SMILES string of the molecule is C=CC(=O)OOCC(C)(C)OC(CC(C)(C)C)OC(=O)C=C. The van der Waals surface area contributed by atoms with Gasteiger partial charge in [0, 0.05) is 18.6 Å². The van der Waals surface area contributed by atoms with Crippen molar-refractivity contribution in [1.29, 1.82) is 0 Å². The minimum absolute atomic E-state index is 0.0289. The molecule has 126 valence electrons. The average molecular weight is 314 g/mol. The summed E-state index contributed by atoms with van der Waals surface area (Å²) in [6, 6.07) is 0. The maximum Gasteiger partial charge on any atom is 0.365 e. The summed E-state index contributed by atoms with van der Waals surface area (Å²) in [5, 5.41) is 0. The van der Waals surface area contributed by atoms with Crippen molar-refractivity contribution in [3.05, 3.63) is 25.3 Å². The molecule has 0 aliphatic carbocycles. The molecule has 0 aromatic heterocycles. The number of ether oxygens (including phenoxy) is 2. The summed E-state index contributed by atoms with van der Waals surface area (Å²) in [6.45, 7) is 16.0. The fourth-order valence-electron chi connectivity index (χ4n) is 1.44. The van der Waals surface area contributed by atoms with Crippen LogP contribution in [-0.4, -0.2) is 30.4 Å². The molecule has 0 bridgehead atoms. The number of rotatable bonds is 9. The lowest BCUT2D eigenvalue weighted by molar-refractivity contribution is -0.302. The van der Waals surface area contributed by atoms with Gasteiger partial charge in [-0.3, -0.25) is 4.89 Å². The summed E-state index contributed by atoms with van der Waals surface area (Å²) in [7, 11) is 0. The Labute approximate surface area is 132 Å². The lowest BCUT2D eigenvalue weighted by Gasteiger charge is -2.32. The van der Waals surface area contributed by atoms with E-state index in [1.165, 1.54) is 0 Å². The van der Waals surface area contributed by atoms with Crippen LogP contribution in [-0.2, 0) is 28.8 Å². The number of hydrogen-bond donors (Lipinski definition) is 0. The van der Waals surface area contributed by atoms with E-state index >= 15 is 0 Å². The fraction of sp³-hybridized carbons (Fsp3) is 0.625. The highest BCUT2D eigenvalue weighted by Gasteiger charge is 2.30. The first-order valence-electron chi connectivity index (χ1n) is 6.96. The average Bonchev–Trinajstić information content (AvgIpc) is 2.35. The van der Waals surface area contributed by atoms with E-state index in [9.17, 15) is 9.59 Å². The molecule has 0 spiro atoms. The molecule has 6 nitrogen and oxygen atoms in total. The molecule has 0 saturated carbocycles. The van der Waals surface area contributed by atoms with E-state index < -0.39 is 23.8 Å². The third-order valence-corrected chi connectivity index (χ3v) is 2.36. The molecule has 0 aromatic rings. The Bertz CT molecular complexity index is 405. The highest BCUT2D eigenvalue weighted by Crippen LogP contribution is 2.26. The van der Waals surface area contributed by atoms with Crippen LogP contribution in [0.3, 0.4) is 0 Å². The van der Waals surface area contributed by atoms with Gasteiger partial charge in [-0.25, -0.2) is 9.59 Å². The second kappa shape index (κ2) is 8.70. The quantitative estimate of drug-likeness (QED) is 0.214. The third kappa shape index (κ3) is 10.1. The van der Waals surface area contributed by atoms with Gasteiger partial charge in [0.15, 0.2) is 0 Å². The summed E-state index contributed by atoms with van der Waals surface area (Å²) < 4.78 is 11.0. The van der Waals surface area contributed by atoms with E-state index in [2.05, 4.69) is 18.0 Å². The zero-order chi connectivity index (χ0) is 17.4. The van der Waals surface area contributed by atoms with Crippen molar-refractivity contribution < 1.29 is 28.8 Å². The van der Waals surface area contributed by atoms with Gasteiger partial charge in [-0.1, -0.05) is 33.9 Å². The minimum Gasteiger partial charge on any atom is -0.433 e. The van der Waals surface area contributed by atoms with Crippen LogP contribution in [0.25, 0.3) is 0 Å². The van der Waals surface area contributed by atoms with E-state index in [0.29, 0.717) is 6.42 Å². The van der Waals surface area contributed by atoms with Crippen molar-refractivity contribution in [3.8, 4) is 0 Å². The van der Waals surface area contributed by atoms with Crippen LogP contribution in [0, 0.1) is 5.41 Å². The van der Waals surface area contributed by atoms with E-state index in [1.54, 1.807) is 13.8 Å². The fourth-order valence-corrected chi connectivity index (χ4v) is 1.44. The molecule has 0 N–H and O–H groups in total. The summed E-state index contributed by atoms with van der Waals surface area (Å²) in [6.07, 6.45) is 1.79. The maximum absolute atomic E-state index is 11.4. The van der Waals surface area contributed by atoms with Crippen LogP contribution in [0.2, 0.25) is 0 Å². The first-order chi connectivity index (χ1) is 9.99. The number of hydrogen-bond acceptors (Lipinski definition) is 6. The Morgan fingerprint density at radius 3 is 2.05 bits per heavy atom. The van der Waals surface area contributed by atoms with Crippen LogP contribution < -0.4 is 0 Å². The predicted octanol–water partition coefficient (Wildman–Crippen LogP) is 2.93. The number of carbonyl (C=O) groups is 2. The van der Waals surface area contributed by atoms with E-state index in [-0.39, 0.29) is 12.0 Å². The third-order valence-electron chi connectivity index (χ3n) is 2.36. The van der Waals surface area contributed by atoms with Crippen molar-refractivity contribution in [2.24, 2.45) is 5.41 Å². The highest BCUT2D eigenvalue weighted by molar-refractivity contribution is 5.81. The molecule has 0 aromatic carbocycles. The van der Waals surface area contributed by atoms with Crippen LogP contribution in [0.5, 0.6) is 0 Å². The first kappa shape index (κ1) is 20.3. The maximum atomic E-state index is 11.4. The second-order valence-electron chi connectivity index (χ2n) is 6.58. The topological polar surface area (TPSA) is 71.1 Å². The molecule has 0 aliphatic rings. The van der Waals surface area contributed by atoms with Crippen molar-refractivity contribution in [1.82, 2.24) is 0 Å². The first-order valence-corrected chi connectivity index (χ1v) is 6.96. The summed E-state index contributed by atoms with van der Waals surface area (Å²) in [5.41, 5.74) is -0.947. The molecule has 0 radical (unpaired) electrons.